The smallest absolute Gasteiger partial charge is 0.274 e. The molecule has 0 fully saturated rings. The number of nitrogens with one attached hydrogen (secondary N) is 3. The van der Waals surface area contributed by atoms with Crippen LogP contribution in [0, 0.1) is 13.8 Å². The number of pyridine rings is 2. The summed E-state index contributed by atoms with van der Waals surface area (Å²) in [5.74, 6) is 2.39. The minimum atomic E-state index is -0.214. The molecule has 0 aliphatic rings. The maximum atomic E-state index is 12.9. The van der Waals surface area contributed by atoms with E-state index < -0.39 is 0 Å². The quantitative estimate of drug-likeness (QED) is 0.338. The van der Waals surface area contributed by atoms with Crippen LogP contribution in [0.15, 0.2) is 79.1 Å². The van der Waals surface area contributed by atoms with Crippen LogP contribution < -0.4 is 16.0 Å². The summed E-state index contributed by atoms with van der Waals surface area (Å²) >= 11 is 0. The minimum absolute atomic E-state index is 0.214. The van der Waals surface area contributed by atoms with Crippen molar-refractivity contribution in [2.24, 2.45) is 0 Å². The highest BCUT2D eigenvalue weighted by Crippen LogP contribution is 2.22. The lowest BCUT2D eigenvalue weighted by Gasteiger charge is -2.11. The zero-order valence-electron chi connectivity index (χ0n) is 18.6. The second kappa shape index (κ2) is 8.99. The van der Waals surface area contributed by atoms with Crippen molar-refractivity contribution in [2.45, 2.75) is 13.8 Å². The molecule has 9 heteroatoms. The normalized spacial score (nSPS) is 10.8. The molecule has 5 aromatic rings. The molecule has 0 saturated carbocycles. The number of aromatic nitrogens is 5. The number of anilines is 5. The Kier molecular flexibility index (Phi) is 5.57. The van der Waals surface area contributed by atoms with Crippen molar-refractivity contribution in [1.29, 1.82) is 0 Å². The second-order valence-electron chi connectivity index (χ2n) is 7.66. The summed E-state index contributed by atoms with van der Waals surface area (Å²) in [7, 11) is 0. The van der Waals surface area contributed by atoms with Gasteiger partial charge in [0.05, 0.1) is 5.69 Å². The van der Waals surface area contributed by atoms with Crippen molar-refractivity contribution in [3.8, 4) is 0 Å². The van der Waals surface area contributed by atoms with Gasteiger partial charge in [0.2, 0.25) is 0 Å². The van der Waals surface area contributed by atoms with Crippen LogP contribution in [0.2, 0.25) is 0 Å². The van der Waals surface area contributed by atoms with E-state index in [1.54, 1.807) is 10.6 Å². The van der Waals surface area contributed by atoms with Gasteiger partial charge >= 0.3 is 0 Å². The van der Waals surface area contributed by atoms with Crippen molar-refractivity contribution in [1.82, 2.24) is 24.3 Å². The van der Waals surface area contributed by atoms with Gasteiger partial charge in [0.25, 0.3) is 5.91 Å². The van der Waals surface area contributed by atoms with Gasteiger partial charge in [0.1, 0.15) is 34.6 Å². The fourth-order valence-corrected chi connectivity index (χ4v) is 3.63. The zero-order chi connectivity index (χ0) is 23.5. The molecular weight excluding hydrogens is 428 g/mol. The molecule has 168 valence electrons. The number of carbonyl (C=O) groups is 1. The van der Waals surface area contributed by atoms with Crippen LogP contribution in [-0.2, 0) is 0 Å². The molecule has 0 aliphatic carbocycles. The molecule has 0 saturated heterocycles. The SMILES string of the molecule is Cc1nc(Nc2ccc(NC(=O)c3c(C)nc4ccccn34)cc2)cc(Nc2ccccn2)n1. The van der Waals surface area contributed by atoms with Crippen LogP contribution in [0.4, 0.5) is 28.8 Å². The van der Waals surface area contributed by atoms with Gasteiger partial charge in [-0.3, -0.25) is 9.20 Å². The van der Waals surface area contributed by atoms with E-state index in [4.69, 9.17) is 0 Å². The van der Waals surface area contributed by atoms with Crippen LogP contribution in [0.3, 0.4) is 0 Å². The second-order valence-corrected chi connectivity index (χ2v) is 7.66. The number of aryl methyl sites for hydroxylation is 2. The third kappa shape index (κ3) is 4.53. The van der Waals surface area contributed by atoms with Crippen molar-refractivity contribution in [3.63, 3.8) is 0 Å². The van der Waals surface area contributed by atoms with Crippen LogP contribution in [0.5, 0.6) is 0 Å². The number of carbonyl (C=O) groups excluding carboxylic acids is 1. The summed E-state index contributed by atoms with van der Waals surface area (Å²) in [6.07, 6.45) is 3.55. The van der Waals surface area contributed by atoms with E-state index in [-0.39, 0.29) is 5.91 Å². The number of benzene rings is 1. The Morgan fingerprint density at radius 1 is 0.794 bits per heavy atom. The van der Waals surface area contributed by atoms with Crippen LogP contribution in [-0.4, -0.2) is 30.2 Å². The van der Waals surface area contributed by atoms with Gasteiger partial charge in [0.15, 0.2) is 0 Å². The van der Waals surface area contributed by atoms with Gasteiger partial charge in [-0.2, -0.15) is 0 Å². The first-order chi connectivity index (χ1) is 16.5. The molecule has 34 heavy (non-hydrogen) atoms. The average molecular weight is 451 g/mol. The Balaban J connectivity index is 1.29. The van der Waals surface area contributed by atoms with Gasteiger partial charge in [-0.25, -0.2) is 19.9 Å². The third-order valence-corrected chi connectivity index (χ3v) is 5.09. The molecule has 1 amide bonds. The van der Waals surface area contributed by atoms with Crippen molar-refractivity contribution in [2.75, 3.05) is 16.0 Å². The van der Waals surface area contributed by atoms with E-state index in [0.717, 1.165) is 11.3 Å². The van der Waals surface area contributed by atoms with E-state index in [0.29, 0.717) is 40.4 Å². The molecule has 9 nitrogen and oxygen atoms in total. The summed E-state index contributed by atoms with van der Waals surface area (Å²) in [5.41, 5.74) is 3.43. The maximum Gasteiger partial charge on any atom is 0.274 e. The minimum Gasteiger partial charge on any atom is -0.340 e. The molecule has 0 aliphatic heterocycles. The van der Waals surface area contributed by atoms with Gasteiger partial charge in [-0.05, 0) is 62.4 Å². The Morgan fingerprint density at radius 3 is 2.29 bits per heavy atom. The molecule has 0 atom stereocenters. The zero-order valence-corrected chi connectivity index (χ0v) is 18.6. The first-order valence-corrected chi connectivity index (χ1v) is 10.7. The van der Waals surface area contributed by atoms with Crippen molar-refractivity contribution >= 4 is 40.4 Å². The molecule has 0 bridgehead atoms. The standard InChI is InChI=1S/C25H22N8O/c1-16-24(33-14-6-4-8-23(33)27-16)25(34)31-19-11-9-18(10-12-19)30-21-15-22(29-17(2)28-21)32-20-7-3-5-13-26-20/h3-15H,1-2H3,(H,31,34)(H2,26,28,29,30,32). The Labute approximate surface area is 196 Å². The van der Waals surface area contributed by atoms with Crippen molar-refractivity contribution in [3.05, 3.63) is 96.3 Å². The van der Waals surface area contributed by atoms with Gasteiger partial charge in [-0.15, -0.1) is 0 Å². The summed E-state index contributed by atoms with van der Waals surface area (Å²) in [6, 6.07) is 20.5. The molecule has 3 N–H and O–H groups in total. The number of fused-ring (bicyclic) bond motifs is 1. The fourth-order valence-electron chi connectivity index (χ4n) is 3.63. The summed E-state index contributed by atoms with van der Waals surface area (Å²) < 4.78 is 1.79. The van der Waals surface area contributed by atoms with E-state index >= 15 is 0 Å². The molecule has 0 unspecified atom stereocenters. The Hall–Kier alpha value is -4.79. The number of imidazole rings is 1. The van der Waals surface area contributed by atoms with Crippen LogP contribution >= 0.6 is 0 Å². The first kappa shape index (κ1) is 21.1. The number of amides is 1. The molecule has 1 aromatic carbocycles. The number of hydrogen-bond donors (Lipinski definition) is 3. The monoisotopic (exact) mass is 450 g/mol. The highest BCUT2D eigenvalue weighted by atomic mass is 16.2. The average Bonchev–Trinajstić information content (AvgIpc) is 3.16. The van der Waals surface area contributed by atoms with Gasteiger partial charge in [-0.1, -0.05) is 12.1 Å². The predicted octanol–water partition coefficient (Wildman–Crippen LogP) is 4.88. The lowest BCUT2D eigenvalue weighted by Crippen LogP contribution is -2.15. The molecular formula is C25H22N8O. The molecule has 0 radical (unpaired) electrons. The first-order valence-electron chi connectivity index (χ1n) is 10.7. The summed E-state index contributed by atoms with van der Waals surface area (Å²) in [5, 5.41) is 9.39. The molecule has 0 spiro atoms. The highest BCUT2D eigenvalue weighted by molar-refractivity contribution is 6.04. The number of nitrogens with zero attached hydrogens (tertiary/aromatic N) is 5. The van der Waals surface area contributed by atoms with E-state index in [1.165, 1.54) is 0 Å². The molecule has 5 rings (SSSR count). The lowest BCUT2D eigenvalue weighted by atomic mass is 10.2. The van der Waals surface area contributed by atoms with E-state index in [1.807, 2.05) is 86.8 Å². The lowest BCUT2D eigenvalue weighted by molar-refractivity contribution is 0.102. The fraction of sp³-hybridized carbons (Fsp3) is 0.0800. The van der Waals surface area contributed by atoms with Crippen LogP contribution in [0.25, 0.3) is 5.65 Å². The van der Waals surface area contributed by atoms with E-state index in [2.05, 4.69) is 35.9 Å². The van der Waals surface area contributed by atoms with Crippen molar-refractivity contribution < 1.29 is 4.79 Å². The largest absolute Gasteiger partial charge is 0.340 e. The summed E-state index contributed by atoms with van der Waals surface area (Å²) in [6.45, 7) is 3.66. The summed E-state index contributed by atoms with van der Waals surface area (Å²) in [4.78, 5) is 30.5. The highest BCUT2D eigenvalue weighted by Gasteiger charge is 2.16. The topological polar surface area (TPSA) is 109 Å². The molecule has 4 aromatic heterocycles. The Bertz CT molecular complexity index is 1460. The number of rotatable bonds is 6. The third-order valence-electron chi connectivity index (χ3n) is 5.09. The van der Waals surface area contributed by atoms with Crippen LogP contribution in [0.1, 0.15) is 22.0 Å². The van der Waals surface area contributed by atoms with Gasteiger partial charge < -0.3 is 16.0 Å². The molecule has 4 heterocycles. The predicted molar refractivity (Wildman–Crippen MR) is 132 cm³/mol. The van der Waals surface area contributed by atoms with E-state index in [9.17, 15) is 4.79 Å². The maximum absolute atomic E-state index is 12.9. The Morgan fingerprint density at radius 2 is 1.53 bits per heavy atom. The van der Waals surface area contributed by atoms with Gasteiger partial charge in [0, 0.05) is 29.8 Å². The number of hydrogen-bond acceptors (Lipinski definition) is 7.